The first-order chi connectivity index (χ1) is 12.5. The van der Waals surface area contributed by atoms with Crippen LogP contribution in [0.3, 0.4) is 0 Å². The summed E-state index contributed by atoms with van der Waals surface area (Å²) in [6, 6.07) is 16.1. The number of benzene rings is 2. The Morgan fingerprint density at radius 1 is 1.12 bits per heavy atom. The molecule has 1 aliphatic heterocycles. The average Bonchev–Trinajstić information content (AvgIpc) is 3.02. The second-order valence-corrected chi connectivity index (χ2v) is 8.73. The van der Waals surface area contributed by atoms with Gasteiger partial charge in [-0.2, -0.15) is 0 Å². The number of hydrogen-bond acceptors (Lipinski definition) is 3. The summed E-state index contributed by atoms with van der Waals surface area (Å²) in [5.74, 6) is 0.960. The molecule has 0 spiro atoms. The molecule has 2 aromatic rings. The van der Waals surface area contributed by atoms with Gasteiger partial charge in [0.25, 0.3) is 0 Å². The van der Waals surface area contributed by atoms with Gasteiger partial charge in [-0.3, -0.25) is 0 Å². The number of nitrogens with zero attached hydrogens (tertiary/aromatic N) is 2. The highest BCUT2D eigenvalue weighted by Gasteiger charge is 2.22. The molecule has 0 bridgehead atoms. The number of hydrogen-bond donors (Lipinski definition) is 1. The lowest BCUT2D eigenvalue weighted by molar-refractivity contribution is 0.601. The van der Waals surface area contributed by atoms with E-state index in [4.69, 9.17) is 4.99 Å². The third kappa shape index (κ3) is 4.64. The van der Waals surface area contributed by atoms with E-state index in [0.717, 1.165) is 36.6 Å². The van der Waals surface area contributed by atoms with Gasteiger partial charge in [0.05, 0.1) is 12.3 Å². The molecule has 1 N–H and O–H groups in total. The van der Waals surface area contributed by atoms with E-state index in [2.05, 4.69) is 41.4 Å². The molecular formula is C20H25N3O2S. The fraction of sp³-hybridized carbons (Fsp3) is 0.350. The van der Waals surface area contributed by atoms with Crippen molar-refractivity contribution in [1.82, 2.24) is 5.32 Å². The zero-order valence-corrected chi connectivity index (χ0v) is 16.1. The van der Waals surface area contributed by atoms with Crippen LogP contribution in [-0.2, 0) is 28.6 Å². The van der Waals surface area contributed by atoms with Crippen molar-refractivity contribution in [2.24, 2.45) is 4.99 Å². The maximum Gasteiger partial charge on any atom is 0.198 e. The molecule has 0 aliphatic carbocycles. The van der Waals surface area contributed by atoms with Crippen molar-refractivity contribution in [1.29, 1.82) is 0 Å². The van der Waals surface area contributed by atoms with E-state index in [1.807, 2.05) is 24.3 Å². The van der Waals surface area contributed by atoms with Crippen molar-refractivity contribution in [3.05, 3.63) is 65.2 Å². The zero-order valence-electron chi connectivity index (χ0n) is 15.3. The number of rotatable bonds is 5. The van der Waals surface area contributed by atoms with Crippen LogP contribution in [0, 0.1) is 0 Å². The van der Waals surface area contributed by atoms with E-state index in [-0.39, 0.29) is 5.75 Å². The molecule has 0 fully saturated rings. The summed E-state index contributed by atoms with van der Waals surface area (Å²) in [4.78, 5) is 7.02. The fourth-order valence-electron chi connectivity index (χ4n) is 3.16. The molecule has 0 aromatic heterocycles. The van der Waals surface area contributed by atoms with Gasteiger partial charge in [0.2, 0.25) is 0 Å². The monoisotopic (exact) mass is 371 g/mol. The number of para-hydroxylation sites is 1. The van der Waals surface area contributed by atoms with E-state index in [1.165, 1.54) is 17.5 Å². The van der Waals surface area contributed by atoms with E-state index < -0.39 is 9.84 Å². The highest BCUT2D eigenvalue weighted by atomic mass is 32.2. The van der Waals surface area contributed by atoms with Crippen LogP contribution >= 0.6 is 0 Å². The average molecular weight is 372 g/mol. The summed E-state index contributed by atoms with van der Waals surface area (Å²) >= 11 is 0. The van der Waals surface area contributed by atoms with Gasteiger partial charge in [-0.05, 0) is 36.1 Å². The quantitative estimate of drug-likeness (QED) is 0.648. The summed E-state index contributed by atoms with van der Waals surface area (Å²) in [6.45, 7) is 4.36. The van der Waals surface area contributed by atoms with Crippen molar-refractivity contribution in [2.75, 3.05) is 24.2 Å². The minimum atomic E-state index is -3.01. The molecule has 2 aromatic carbocycles. The summed E-state index contributed by atoms with van der Waals surface area (Å²) in [6.07, 6.45) is 2.28. The standard InChI is InChI=1S/C20H25N3O2S/c1-3-21-20(23-13-12-18-6-4-5-7-19(18)23)22-14-16-8-10-17(11-9-16)15-26(2,24)25/h4-11H,3,12-15H2,1-2H3,(H,21,22). The molecule has 1 heterocycles. The van der Waals surface area contributed by atoms with Crippen molar-refractivity contribution in [3.8, 4) is 0 Å². The van der Waals surface area contributed by atoms with E-state index >= 15 is 0 Å². The second-order valence-electron chi connectivity index (χ2n) is 6.59. The molecule has 0 saturated heterocycles. The molecule has 0 atom stereocenters. The lowest BCUT2D eigenvalue weighted by Crippen LogP contribution is -2.40. The van der Waals surface area contributed by atoms with Crippen molar-refractivity contribution in [3.63, 3.8) is 0 Å². The van der Waals surface area contributed by atoms with Crippen molar-refractivity contribution >= 4 is 21.5 Å². The van der Waals surface area contributed by atoms with Crippen LogP contribution in [0.1, 0.15) is 23.6 Å². The van der Waals surface area contributed by atoms with Crippen LogP contribution in [0.4, 0.5) is 5.69 Å². The third-order valence-electron chi connectivity index (χ3n) is 4.34. The van der Waals surface area contributed by atoms with Gasteiger partial charge in [-0.15, -0.1) is 0 Å². The summed E-state index contributed by atoms with van der Waals surface area (Å²) in [5, 5.41) is 3.37. The van der Waals surface area contributed by atoms with Gasteiger partial charge in [-0.1, -0.05) is 42.5 Å². The minimum Gasteiger partial charge on any atom is -0.356 e. The first-order valence-corrected chi connectivity index (χ1v) is 10.9. The molecule has 3 rings (SSSR count). The van der Waals surface area contributed by atoms with Crippen LogP contribution in [0.15, 0.2) is 53.5 Å². The molecule has 5 nitrogen and oxygen atoms in total. The lowest BCUT2D eigenvalue weighted by Gasteiger charge is -2.22. The Balaban J connectivity index is 1.74. The number of sulfone groups is 1. The van der Waals surface area contributed by atoms with E-state index in [9.17, 15) is 8.42 Å². The number of nitrogens with one attached hydrogen (secondary N) is 1. The summed E-state index contributed by atoms with van der Waals surface area (Å²) < 4.78 is 22.8. The minimum absolute atomic E-state index is 0.0732. The highest BCUT2D eigenvalue weighted by Crippen LogP contribution is 2.27. The Kier molecular flexibility index (Phi) is 5.61. The first kappa shape index (κ1) is 18.5. The smallest absolute Gasteiger partial charge is 0.198 e. The van der Waals surface area contributed by atoms with Crippen LogP contribution in [0.25, 0.3) is 0 Å². The number of aliphatic imine (C=N–C) groups is 1. The molecule has 1 aliphatic rings. The normalized spacial score (nSPS) is 14.4. The second kappa shape index (κ2) is 7.91. The Bertz CT molecular complexity index is 890. The SMILES string of the molecule is CCNC(=NCc1ccc(CS(C)(=O)=O)cc1)N1CCc2ccccc21. The molecular weight excluding hydrogens is 346 g/mol. The van der Waals surface area contributed by atoms with Crippen LogP contribution in [0.2, 0.25) is 0 Å². The molecule has 0 radical (unpaired) electrons. The highest BCUT2D eigenvalue weighted by molar-refractivity contribution is 7.89. The number of fused-ring (bicyclic) bond motifs is 1. The largest absolute Gasteiger partial charge is 0.356 e. The first-order valence-electron chi connectivity index (χ1n) is 8.85. The summed E-state index contributed by atoms with van der Waals surface area (Å²) in [5.41, 5.74) is 4.43. The van der Waals surface area contributed by atoms with Crippen molar-refractivity contribution < 1.29 is 8.42 Å². The predicted octanol–water partition coefficient (Wildman–Crippen LogP) is 2.76. The fourth-order valence-corrected chi connectivity index (χ4v) is 3.96. The Morgan fingerprint density at radius 3 is 2.50 bits per heavy atom. The lowest BCUT2D eigenvalue weighted by atomic mass is 10.1. The van der Waals surface area contributed by atoms with Gasteiger partial charge < -0.3 is 10.2 Å². The third-order valence-corrected chi connectivity index (χ3v) is 5.20. The van der Waals surface area contributed by atoms with E-state index in [0.29, 0.717) is 6.54 Å². The Labute approximate surface area is 155 Å². The molecule has 0 amide bonds. The molecule has 26 heavy (non-hydrogen) atoms. The zero-order chi connectivity index (χ0) is 18.6. The van der Waals surface area contributed by atoms with Gasteiger partial charge in [0.15, 0.2) is 15.8 Å². The molecule has 0 saturated carbocycles. The maximum absolute atomic E-state index is 11.4. The maximum atomic E-state index is 11.4. The Morgan fingerprint density at radius 2 is 1.81 bits per heavy atom. The topological polar surface area (TPSA) is 61.8 Å². The van der Waals surface area contributed by atoms with Gasteiger partial charge in [-0.25, -0.2) is 13.4 Å². The number of anilines is 1. The van der Waals surface area contributed by atoms with Gasteiger partial charge in [0.1, 0.15) is 0 Å². The van der Waals surface area contributed by atoms with Crippen molar-refractivity contribution in [2.45, 2.75) is 25.6 Å². The predicted molar refractivity (Wildman–Crippen MR) is 107 cm³/mol. The Hall–Kier alpha value is -2.34. The summed E-state index contributed by atoms with van der Waals surface area (Å²) in [7, 11) is -3.01. The van der Waals surface area contributed by atoms with Gasteiger partial charge >= 0.3 is 0 Å². The van der Waals surface area contributed by atoms with Crippen LogP contribution in [0.5, 0.6) is 0 Å². The van der Waals surface area contributed by atoms with Crippen LogP contribution < -0.4 is 10.2 Å². The molecule has 0 unspecified atom stereocenters. The number of guanidine groups is 1. The molecule has 138 valence electrons. The van der Waals surface area contributed by atoms with E-state index in [1.54, 1.807) is 0 Å². The van der Waals surface area contributed by atoms with Gasteiger partial charge in [0, 0.05) is 25.0 Å². The van der Waals surface area contributed by atoms with Crippen LogP contribution in [-0.4, -0.2) is 33.7 Å². The molecule has 6 heteroatoms.